The molecule has 10 N–H and O–H groups in total. The fraction of sp³-hybridized carbons (Fsp3) is 0.312. The molecule has 0 aliphatic carbocycles. The van der Waals surface area contributed by atoms with Crippen LogP contribution in [-0.4, -0.2) is 138 Å². The number of likely N-dealkylation sites (N-methyl/N-ethyl adjacent to an activating group) is 2. The van der Waals surface area contributed by atoms with E-state index in [1.165, 1.54) is 6.08 Å². The molecule has 1 atom stereocenters. The minimum absolute atomic E-state index is 0.0940. The first-order chi connectivity index (χ1) is 41.1. The first-order valence-electron chi connectivity index (χ1n) is 28.2. The lowest BCUT2D eigenvalue weighted by atomic mass is 10.0. The Morgan fingerprint density at radius 2 is 1.15 bits per heavy atom. The lowest BCUT2D eigenvalue weighted by Crippen LogP contribution is -2.48. The van der Waals surface area contributed by atoms with Crippen LogP contribution in [0.1, 0.15) is 95.9 Å². The van der Waals surface area contributed by atoms with Gasteiger partial charge in [-0.15, -0.1) is 0 Å². The van der Waals surface area contributed by atoms with Gasteiger partial charge in [0.2, 0.25) is 5.91 Å². The van der Waals surface area contributed by atoms with Crippen LogP contribution in [0.2, 0.25) is 0 Å². The van der Waals surface area contributed by atoms with Crippen LogP contribution in [0.4, 0.5) is 55.3 Å². The maximum absolute atomic E-state index is 13.5. The van der Waals surface area contributed by atoms with Crippen molar-refractivity contribution in [3.8, 4) is 0 Å². The molecular weight excluding hydrogens is 1090 g/mol. The van der Waals surface area contributed by atoms with Crippen molar-refractivity contribution in [2.24, 2.45) is 0 Å². The molecule has 2 aliphatic heterocycles. The number of urea groups is 2. The number of hydrogen-bond donors (Lipinski definition) is 10. The number of nitrogens with zero attached hydrogens (tertiary/aromatic N) is 6. The van der Waals surface area contributed by atoms with Gasteiger partial charge in [0.25, 0.3) is 5.91 Å². The highest BCUT2D eigenvalue weighted by Crippen LogP contribution is 2.43. The van der Waals surface area contributed by atoms with Crippen molar-refractivity contribution in [1.82, 2.24) is 50.6 Å². The van der Waals surface area contributed by atoms with Gasteiger partial charge in [-0.25, -0.2) is 9.59 Å². The lowest BCUT2D eigenvalue weighted by Gasteiger charge is -2.34. The van der Waals surface area contributed by atoms with E-state index in [0.717, 1.165) is 75.8 Å². The largest absolute Gasteiger partial charge is 0.388 e. The minimum atomic E-state index is -0.551. The first kappa shape index (κ1) is 65.4. The smallest absolute Gasteiger partial charge is 0.319 e. The molecule has 0 fully saturated rings. The van der Waals surface area contributed by atoms with Crippen molar-refractivity contribution in [1.29, 1.82) is 0 Å². The summed E-state index contributed by atoms with van der Waals surface area (Å²) in [6.45, 7) is 16.2. The molecule has 22 nitrogen and oxygen atoms in total. The number of aromatic amines is 2. The Balaban J connectivity index is 0.000000226. The molecule has 4 heterocycles. The first-order valence-corrected chi connectivity index (χ1v) is 28.2. The Hall–Kier alpha value is -9.80. The molecule has 0 spiro atoms. The Bertz CT molecular complexity index is 3390. The molecule has 0 saturated heterocycles. The predicted molar refractivity (Wildman–Crippen MR) is 342 cm³/mol. The monoisotopic (exact) mass is 1170 g/mol. The van der Waals surface area contributed by atoms with Crippen LogP contribution in [0.5, 0.6) is 0 Å². The minimum Gasteiger partial charge on any atom is -0.388 e. The van der Waals surface area contributed by atoms with Gasteiger partial charge in [-0.3, -0.25) is 24.6 Å². The SMILES string of the molecule is C=CC(=O)Nc1ccc(C(=O)Nc2cccc(Nc3n[nH]c4c3CN(C(=O)NCCN(C)C)C4(C)C)c2)cc1.CCC=O.CNc1ccc(C=O)cc1.CNc1cccc(Nc2n[nH]c3c2CN(C(=O)NC(CN(C)C)c2ccccc2)C3(C)C)c1. The Kier molecular flexibility index (Phi) is 23.3. The van der Waals surface area contributed by atoms with E-state index in [1.807, 2.05) is 160 Å². The second-order valence-corrected chi connectivity index (χ2v) is 21.8. The van der Waals surface area contributed by atoms with Crippen molar-refractivity contribution in [3.63, 3.8) is 0 Å². The van der Waals surface area contributed by atoms with Gasteiger partial charge in [0.05, 0.1) is 41.6 Å². The summed E-state index contributed by atoms with van der Waals surface area (Å²) in [5.41, 5.74) is 9.81. The number of amides is 6. The third-order valence-electron chi connectivity index (χ3n) is 14.2. The average molecular weight is 1170 g/mol. The van der Waals surface area contributed by atoms with Crippen LogP contribution in [0.3, 0.4) is 0 Å². The highest BCUT2D eigenvalue weighted by molar-refractivity contribution is 6.05. The Morgan fingerprint density at radius 1 is 0.640 bits per heavy atom. The zero-order chi connectivity index (χ0) is 62.6. The Morgan fingerprint density at radius 3 is 1.65 bits per heavy atom. The fourth-order valence-corrected chi connectivity index (χ4v) is 9.41. The molecule has 2 aromatic heterocycles. The third kappa shape index (κ3) is 17.4. The van der Waals surface area contributed by atoms with E-state index in [2.05, 4.69) is 86.5 Å². The van der Waals surface area contributed by atoms with E-state index in [1.54, 1.807) is 47.4 Å². The van der Waals surface area contributed by atoms with Crippen molar-refractivity contribution in [2.75, 3.05) is 93.8 Å². The number of carbonyl (C=O) groups excluding carboxylic acids is 6. The van der Waals surface area contributed by atoms with Crippen molar-refractivity contribution >= 4 is 82.2 Å². The van der Waals surface area contributed by atoms with Gasteiger partial charge < -0.3 is 66.9 Å². The van der Waals surface area contributed by atoms with Gasteiger partial charge in [0.1, 0.15) is 12.6 Å². The summed E-state index contributed by atoms with van der Waals surface area (Å²) in [5, 5.41) is 39.8. The molecule has 1 unspecified atom stereocenters. The summed E-state index contributed by atoms with van der Waals surface area (Å²) in [7, 11) is 11.7. The van der Waals surface area contributed by atoms with Gasteiger partial charge in [-0.1, -0.05) is 56.0 Å². The number of nitrogens with one attached hydrogen (secondary N) is 10. The number of H-pyrrole nitrogens is 2. The van der Waals surface area contributed by atoms with Gasteiger partial charge in [-0.05, 0) is 152 Å². The quantitative estimate of drug-likeness (QED) is 0.0267. The zero-order valence-electron chi connectivity index (χ0n) is 51.0. The van der Waals surface area contributed by atoms with E-state index < -0.39 is 11.1 Å². The van der Waals surface area contributed by atoms with Crippen LogP contribution in [0, 0.1) is 0 Å². The molecule has 6 amide bonds. The maximum atomic E-state index is 13.5. The van der Waals surface area contributed by atoms with E-state index >= 15 is 0 Å². The van der Waals surface area contributed by atoms with Crippen LogP contribution < -0.4 is 42.5 Å². The molecule has 5 aromatic carbocycles. The zero-order valence-corrected chi connectivity index (χ0v) is 51.0. The molecule has 2 aliphatic rings. The molecule has 7 aromatic rings. The van der Waals surface area contributed by atoms with Crippen LogP contribution in [0.15, 0.2) is 140 Å². The number of benzene rings is 5. The highest BCUT2D eigenvalue weighted by atomic mass is 16.2. The van der Waals surface area contributed by atoms with Crippen LogP contribution >= 0.6 is 0 Å². The topological polar surface area (TPSA) is 269 Å². The van der Waals surface area contributed by atoms with E-state index in [4.69, 9.17) is 0 Å². The van der Waals surface area contributed by atoms with Crippen molar-refractivity contribution in [3.05, 3.63) is 179 Å². The normalized spacial score (nSPS) is 13.3. The second kappa shape index (κ2) is 30.7. The van der Waals surface area contributed by atoms with Gasteiger partial charge in [-0.2, -0.15) is 10.2 Å². The molecular formula is C64H82N16O6. The number of anilines is 8. The number of carbonyl (C=O) groups is 6. The standard InChI is InChI=1S/C28H34N8O3.C25H33N7O.C8H9NO.C3H6O/c1-6-23(37)30-19-12-10-18(11-13-19)26(38)32-21-9-7-8-20(16-21)31-25-22-17-36(27(39)29-14-15-35(4)5)28(2,3)24(22)33-34-25;1-25(2)22-20(23(30-29-22)27-19-13-9-12-18(14-19)26-3)15-32(25)24(33)28-21(16-31(4)5)17-10-7-6-8-11-17;1-9-8-4-2-7(6-10)3-5-8;1-2-3-4/h6-13,16H,1,14-15,17H2,2-5H3,(H,29,39)(H,30,37)(H,32,38)(H2,31,33,34);6-14,21,26H,15-16H2,1-5H3,(H,28,33)(H2,27,29,30);2-6,9H,1H3;3H,2H2,1H3. The summed E-state index contributed by atoms with van der Waals surface area (Å²) < 4.78 is 0. The summed E-state index contributed by atoms with van der Waals surface area (Å²) >= 11 is 0. The summed E-state index contributed by atoms with van der Waals surface area (Å²) in [6, 6.07) is 38.9. The van der Waals surface area contributed by atoms with Crippen molar-refractivity contribution in [2.45, 2.75) is 71.2 Å². The number of fused-ring (bicyclic) bond motifs is 2. The fourth-order valence-electron chi connectivity index (χ4n) is 9.41. The predicted octanol–water partition coefficient (Wildman–Crippen LogP) is 10.2. The van der Waals surface area contributed by atoms with Crippen LogP contribution in [0.25, 0.3) is 0 Å². The van der Waals surface area contributed by atoms with E-state index in [9.17, 15) is 28.8 Å². The molecule has 0 radical (unpaired) electrons. The number of aldehydes is 2. The summed E-state index contributed by atoms with van der Waals surface area (Å²) in [5.74, 6) is 0.766. The summed E-state index contributed by atoms with van der Waals surface area (Å²) in [4.78, 5) is 77.7. The number of hydrogen-bond acceptors (Lipinski definition) is 14. The van der Waals surface area contributed by atoms with Crippen molar-refractivity contribution < 1.29 is 28.8 Å². The molecule has 22 heteroatoms. The molecule has 0 saturated carbocycles. The van der Waals surface area contributed by atoms with Crippen LogP contribution in [-0.2, 0) is 33.8 Å². The van der Waals surface area contributed by atoms with E-state index in [-0.39, 0.29) is 29.9 Å². The highest BCUT2D eigenvalue weighted by Gasteiger charge is 2.45. The molecule has 454 valence electrons. The third-order valence-corrected chi connectivity index (χ3v) is 14.2. The number of rotatable bonds is 19. The van der Waals surface area contributed by atoms with Gasteiger partial charge >= 0.3 is 12.1 Å². The Labute approximate surface area is 504 Å². The van der Waals surface area contributed by atoms with Gasteiger partial charge in [0.15, 0.2) is 11.6 Å². The van der Waals surface area contributed by atoms with E-state index in [0.29, 0.717) is 60.9 Å². The molecule has 86 heavy (non-hydrogen) atoms. The second-order valence-electron chi connectivity index (χ2n) is 21.8. The summed E-state index contributed by atoms with van der Waals surface area (Å²) in [6.07, 6.45) is 3.53. The lowest BCUT2D eigenvalue weighted by molar-refractivity contribution is -0.112. The molecule has 9 rings (SSSR count). The number of aromatic nitrogens is 4. The maximum Gasteiger partial charge on any atom is 0.319 e. The average Bonchev–Trinajstić information content (AvgIpc) is 1.65. The van der Waals surface area contributed by atoms with Gasteiger partial charge in [0, 0.05) is 96.5 Å². The molecule has 0 bridgehead atoms.